The number of benzene rings is 2. The Hall–Kier alpha value is -3.89. The zero-order valence-corrected chi connectivity index (χ0v) is 23.7. The number of aliphatic hydroxyl groups excluding tert-OH is 1. The summed E-state index contributed by atoms with van der Waals surface area (Å²) in [5.41, 5.74) is 8.25. The minimum absolute atomic E-state index is 0.0657. The summed E-state index contributed by atoms with van der Waals surface area (Å²) in [7, 11) is 1.79. The van der Waals surface area contributed by atoms with Gasteiger partial charge in [0.25, 0.3) is 5.91 Å². The molecule has 0 spiro atoms. The molecule has 3 amide bonds. The molecule has 10 nitrogen and oxygen atoms in total. The van der Waals surface area contributed by atoms with E-state index in [2.05, 4.69) is 15.6 Å². The second kappa shape index (κ2) is 14.5. The molecule has 5 N–H and O–H groups in total. The highest BCUT2D eigenvalue weighted by Gasteiger charge is 2.22. The van der Waals surface area contributed by atoms with Gasteiger partial charge >= 0.3 is 0 Å². The highest BCUT2D eigenvalue weighted by Crippen LogP contribution is 2.26. The molecule has 0 aliphatic carbocycles. The van der Waals surface area contributed by atoms with Crippen LogP contribution >= 0.6 is 11.6 Å². The molecular weight excluding hydrogens is 534 g/mol. The smallest absolute Gasteiger partial charge is 0.251 e. The predicted octanol–water partition coefficient (Wildman–Crippen LogP) is 3.31. The monoisotopic (exact) mass is 569 g/mol. The number of carbonyl (C=O) groups excluding carboxylic acids is 3. The van der Waals surface area contributed by atoms with E-state index in [9.17, 15) is 19.5 Å². The van der Waals surface area contributed by atoms with Gasteiger partial charge < -0.3 is 30.8 Å². The number of aromatic nitrogens is 2. The van der Waals surface area contributed by atoms with Crippen molar-refractivity contribution in [3.05, 3.63) is 70.6 Å². The molecule has 40 heavy (non-hydrogen) atoms. The fraction of sp³-hybridized carbons (Fsp3) is 0.379. The van der Waals surface area contributed by atoms with Crippen LogP contribution in [0.2, 0.25) is 5.02 Å². The maximum absolute atomic E-state index is 12.9. The van der Waals surface area contributed by atoms with Crippen LogP contribution in [0.15, 0.2) is 48.7 Å². The number of amides is 3. The highest BCUT2D eigenvalue weighted by molar-refractivity contribution is 6.32. The van der Waals surface area contributed by atoms with Crippen molar-refractivity contribution in [1.29, 1.82) is 0 Å². The average molecular weight is 570 g/mol. The first-order chi connectivity index (χ1) is 19.1. The van der Waals surface area contributed by atoms with Crippen LogP contribution in [0.4, 0.5) is 0 Å². The predicted molar refractivity (Wildman–Crippen MR) is 153 cm³/mol. The molecule has 1 aromatic heterocycles. The van der Waals surface area contributed by atoms with Crippen LogP contribution in [0.5, 0.6) is 5.75 Å². The van der Waals surface area contributed by atoms with Crippen molar-refractivity contribution >= 4 is 29.3 Å². The molecule has 0 saturated heterocycles. The molecule has 11 heteroatoms. The number of halogens is 1. The van der Waals surface area contributed by atoms with Crippen LogP contribution in [0, 0.1) is 0 Å². The summed E-state index contributed by atoms with van der Waals surface area (Å²) in [6.07, 6.45) is 3.49. The number of nitrogens with one attached hydrogen (secondary N) is 2. The number of rotatable bonds is 14. The van der Waals surface area contributed by atoms with Crippen LogP contribution in [-0.2, 0) is 23.1 Å². The molecule has 0 bridgehead atoms. The Kier molecular flexibility index (Phi) is 11.1. The molecule has 214 valence electrons. The van der Waals surface area contributed by atoms with Crippen LogP contribution in [0.1, 0.15) is 60.9 Å². The molecule has 0 radical (unpaired) electrons. The second-order valence-corrected chi connectivity index (χ2v) is 10.0. The van der Waals surface area contributed by atoms with Gasteiger partial charge in [0.2, 0.25) is 11.8 Å². The number of aliphatic hydroxyl groups is 1. The van der Waals surface area contributed by atoms with E-state index in [0.717, 1.165) is 17.5 Å². The lowest BCUT2D eigenvalue weighted by molar-refractivity contribution is -0.121. The van der Waals surface area contributed by atoms with Gasteiger partial charge in [-0.25, -0.2) is 4.98 Å². The van der Waals surface area contributed by atoms with Gasteiger partial charge in [0, 0.05) is 43.9 Å². The summed E-state index contributed by atoms with van der Waals surface area (Å²) in [5, 5.41) is 15.7. The lowest BCUT2D eigenvalue weighted by Crippen LogP contribution is -2.37. The Morgan fingerprint density at radius 3 is 2.48 bits per heavy atom. The molecule has 0 fully saturated rings. The van der Waals surface area contributed by atoms with Gasteiger partial charge in [-0.05, 0) is 43.0 Å². The molecule has 0 unspecified atom stereocenters. The molecule has 1 heterocycles. The summed E-state index contributed by atoms with van der Waals surface area (Å²) < 4.78 is 7.33. The number of hydrogen-bond donors (Lipinski definition) is 4. The van der Waals surface area contributed by atoms with Crippen LogP contribution in [0.3, 0.4) is 0 Å². The van der Waals surface area contributed by atoms with Gasteiger partial charge in [-0.3, -0.25) is 14.4 Å². The summed E-state index contributed by atoms with van der Waals surface area (Å²) in [6, 6.07) is 11.7. The van der Waals surface area contributed by atoms with Crippen molar-refractivity contribution < 1.29 is 24.2 Å². The lowest BCUT2D eigenvalue weighted by Gasteiger charge is -2.18. The third-order valence-electron chi connectivity index (χ3n) is 6.21. The first-order valence-corrected chi connectivity index (χ1v) is 13.5. The average Bonchev–Trinajstić information content (AvgIpc) is 3.29. The van der Waals surface area contributed by atoms with Gasteiger partial charge in [-0.1, -0.05) is 42.8 Å². The summed E-state index contributed by atoms with van der Waals surface area (Å²) >= 11 is 6.28. The van der Waals surface area contributed by atoms with Gasteiger partial charge in [-0.15, -0.1) is 0 Å². The van der Waals surface area contributed by atoms with E-state index in [4.69, 9.17) is 22.1 Å². The molecule has 2 aromatic carbocycles. The standard InChI is InChI=1S/C29H36ClN5O5/c1-4-13-40-26-10-9-21(15-23(26)30)29(39)33-22(11-12-36)14-19-5-7-20(8-6-19)25-17-35(3)28(34-25)24(16-27(31)38)32-18(2)37/h5-10,15,17,22,24,36H,4,11-14,16H2,1-3H3,(H2,31,38)(H,32,37)(H,33,39)/t22-,24-/m1/s1. The van der Waals surface area contributed by atoms with Crippen molar-refractivity contribution in [1.82, 2.24) is 20.2 Å². The lowest BCUT2D eigenvalue weighted by atomic mass is 10.0. The van der Waals surface area contributed by atoms with Crippen LogP contribution in [0.25, 0.3) is 11.3 Å². The fourth-order valence-electron chi connectivity index (χ4n) is 4.31. The van der Waals surface area contributed by atoms with E-state index in [1.807, 2.05) is 37.4 Å². The number of hydrogen-bond acceptors (Lipinski definition) is 6. The van der Waals surface area contributed by atoms with E-state index in [0.29, 0.717) is 47.3 Å². The third-order valence-corrected chi connectivity index (χ3v) is 6.50. The Balaban J connectivity index is 1.70. The Morgan fingerprint density at radius 1 is 1.15 bits per heavy atom. The minimum Gasteiger partial charge on any atom is -0.492 e. The first kappa shape index (κ1) is 30.6. The van der Waals surface area contributed by atoms with Crippen molar-refractivity contribution in [2.24, 2.45) is 12.8 Å². The Bertz CT molecular complexity index is 1310. The van der Waals surface area contributed by atoms with Crippen molar-refractivity contribution in [2.45, 2.75) is 51.6 Å². The first-order valence-electron chi connectivity index (χ1n) is 13.1. The quantitative estimate of drug-likeness (QED) is 0.234. The molecule has 3 rings (SSSR count). The van der Waals surface area contributed by atoms with E-state index >= 15 is 0 Å². The zero-order valence-electron chi connectivity index (χ0n) is 22.9. The van der Waals surface area contributed by atoms with Crippen LogP contribution in [-0.4, -0.2) is 51.6 Å². The van der Waals surface area contributed by atoms with Gasteiger partial charge in [-0.2, -0.15) is 0 Å². The molecule has 2 atom stereocenters. The maximum atomic E-state index is 12.9. The number of ether oxygens (including phenoxy) is 1. The van der Waals surface area contributed by atoms with Crippen molar-refractivity contribution in [3.63, 3.8) is 0 Å². The number of aryl methyl sites for hydroxylation is 1. The third kappa shape index (κ3) is 8.56. The van der Waals surface area contributed by atoms with Gasteiger partial charge in [0.1, 0.15) is 11.6 Å². The number of nitrogens with two attached hydrogens (primary N) is 1. The largest absolute Gasteiger partial charge is 0.492 e. The molecule has 0 aliphatic heterocycles. The maximum Gasteiger partial charge on any atom is 0.251 e. The zero-order chi connectivity index (χ0) is 29.2. The van der Waals surface area contributed by atoms with E-state index < -0.39 is 11.9 Å². The van der Waals surface area contributed by atoms with Gasteiger partial charge in [0.15, 0.2) is 0 Å². The van der Waals surface area contributed by atoms with E-state index in [1.54, 1.807) is 29.8 Å². The van der Waals surface area contributed by atoms with Crippen LogP contribution < -0.4 is 21.1 Å². The normalized spacial score (nSPS) is 12.4. The molecule has 0 aliphatic rings. The fourth-order valence-corrected chi connectivity index (χ4v) is 4.55. The molecule has 3 aromatic rings. The number of nitrogens with zero attached hydrogens (tertiary/aromatic N) is 2. The number of carbonyl (C=O) groups is 3. The summed E-state index contributed by atoms with van der Waals surface area (Å²) in [6.45, 7) is 3.83. The number of imidazole rings is 1. The number of primary amides is 1. The van der Waals surface area contributed by atoms with Crippen molar-refractivity contribution in [3.8, 4) is 17.0 Å². The van der Waals surface area contributed by atoms with E-state index in [1.165, 1.54) is 6.92 Å². The topological polar surface area (TPSA) is 149 Å². The SMILES string of the molecule is CCCOc1ccc(C(=O)N[C@H](CCO)Cc2ccc(-c3cn(C)c([C@@H](CC(N)=O)NC(C)=O)n3)cc2)cc1Cl. The Labute approximate surface area is 238 Å². The van der Waals surface area contributed by atoms with E-state index in [-0.39, 0.29) is 30.9 Å². The second-order valence-electron chi connectivity index (χ2n) is 9.60. The minimum atomic E-state index is -0.633. The molecule has 0 saturated carbocycles. The van der Waals surface area contributed by atoms with Crippen molar-refractivity contribution in [2.75, 3.05) is 13.2 Å². The highest BCUT2D eigenvalue weighted by atomic mass is 35.5. The summed E-state index contributed by atoms with van der Waals surface area (Å²) in [5.74, 6) is -0.0665. The molecular formula is C29H36ClN5O5. The Morgan fingerprint density at radius 2 is 1.88 bits per heavy atom. The summed E-state index contributed by atoms with van der Waals surface area (Å²) in [4.78, 5) is 40.7. The van der Waals surface area contributed by atoms with Gasteiger partial charge in [0.05, 0.1) is 29.8 Å².